The number of amides is 2. The maximum atomic E-state index is 13.6. The second-order valence-electron chi connectivity index (χ2n) is 9.18. The Morgan fingerprint density at radius 1 is 0.886 bits per heavy atom. The summed E-state index contributed by atoms with van der Waals surface area (Å²) in [4.78, 5) is 30.1. The van der Waals surface area contributed by atoms with Crippen LogP contribution in [0.5, 0.6) is 0 Å². The highest BCUT2D eigenvalue weighted by Crippen LogP contribution is 2.30. The molecule has 0 spiro atoms. The molecule has 0 unspecified atom stereocenters. The number of rotatable bonds is 5. The fraction of sp³-hybridized carbons (Fsp3) is 0.276. The van der Waals surface area contributed by atoms with Gasteiger partial charge in [0.1, 0.15) is 5.57 Å². The zero-order valence-electron chi connectivity index (χ0n) is 21.2. The second kappa shape index (κ2) is 9.62. The van der Waals surface area contributed by atoms with Crippen molar-refractivity contribution in [2.24, 2.45) is 0 Å². The number of para-hydroxylation sites is 1. The van der Waals surface area contributed by atoms with E-state index in [0.717, 1.165) is 29.1 Å². The topological polar surface area (TPSA) is 45.6 Å². The van der Waals surface area contributed by atoms with Gasteiger partial charge in [0, 0.05) is 17.9 Å². The molecule has 0 aliphatic carbocycles. The molecule has 4 rings (SSSR count). The van der Waals surface area contributed by atoms with Gasteiger partial charge in [-0.25, -0.2) is 0 Å². The van der Waals surface area contributed by atoms with Crippen molar-refractivity contribution in [1.29, 1.82) is 0 Å². The molecule has 5 nitrogen and oxygen atoms in total. The van der Waals surface area contributed by atoms with E-state index in [9.17, 15) is 9.59 Å². The standard InChI is InChI=1S/C29H31N3O2S/c1-7-13-30-27(33)25(28(34)32(29(30)35)24-11-9-8-10-12-24)17-23-16-21(5)31(22(23)6)26-19(3)14-18(2)15-20(26)4/h8-12,14-17H,7,13H2,1-6H3/b25-17+. The Labute approximate surface area is 212 Å². The number of thiocarbonyl (C=S) groups is 1. The largest absolute Gasteiger partial charge is 0.317 e. The van der Waals surface area contributed by atoms with E-state index in [1.54, 1.807) is 6.08 Å². The van der Waals surface area contributed by atoms with Crippen molar-refractivity contribution >= 4 is 40.9 Å². The van der Waals surface area contributed by atoms with Crippen molar-refractivity contribution in [2.75, 3.05) is 11.4 Å². The summed E-state index contributed by atoms with van der Waals surface area (Å²) >= 11 is 5.60. The predicted molar refractivity (Wildman–Crippen MR) is 146 cm³/mol. The Kier molecular flexibility index (Phi) is 6.77. The van der Waals surface area contributed by atoms with Crippen LogP contribution in [0.3, 0.4) is 0 Å². The molecule has 6 heteroatoms. The number of nitrogens with zero attached hydrogens (tertiary/aromatic N) is 3. The maximum Gasteiger partial charge on any atom is 0.270 e. The average molecular weight is 486 g/mol. The molecule has 3 aromatic rings. The van der Waals surface area contributed by atoms with Crippen LogP contribution in [0.4, 0.5) is 5.69 Å². The van der Waals surface area contributed by atoms with Crippen LogP contribution in [0, 0.1) is 34.6 Å². The van der Waals surface area contributed by atoms with Crippen molar-refractivity contribution < 1.29 is 9.59 Å². The number of hydrogen-bond acceptors (Lipinski definition) is 3. The van der Waals surface area contributed by atoms with E-state index in [1.807, 2.05) is 57.2 Å². The molecule has 2 amide bonds. The molecule has 1 fully saturated rings. The molecule has 1 saturated heterocycles. The number of aryl methyl sites for hydroxylation is 4. The lowest BCUT2D eigenvalue weighted by Crippen LogP contribution is -2.56. The van der Waals surface area contributed by atoms with Crippen LogP contribution in [0.1, 0.15) is 47.0 Å². The van der Waals surface area contributed by atoms with Crippen molar-refractivity contribution in [2.45, 2.75) is 48.0 Å². The van der Waals surface area contributed by atoms with Gasteiger partial charge >= 0.3 is 0 Å². The number of carbonyl (C=O) groups excluding carboxylic acids is 2. The highest BCUT2D eigenvalue weighted by atomic mass is 32.1. The summed E-state index contributed by atoms with van der Waals surface area (Å²) in [5.41, 5.74) is 8.36. The summed E-state index contributed by atoms with van der Waals surface area (Å²) in [5, 5.41) is 0.224. The second-order valence-corrected chi connectivity index (χ2v) is 9.55. The molecule has 180 valence electrons. The SMILES string of the molecule is CCCN1C(=O)/C(=C\c2cc(C)n(-c3c(C)cc(C)cc3C)c2C)C(=O)N(c2ccccc2)C1=S. The molecule has 35 heavy (non-hydrogen) atoms. The molecule has 0 bridgehead atoms. The minimum Gasteiger partial charge on any atom is -0.317 e. The number of hydrogen-bond donors (Lipinski definition) is 0. The van der Waals surface area contributed by atoms with E-state index in [2.05, 4.69) is 37.5 Å². The third-order valence-corrected chi connectivity index (χ3v) is 6.82. The Bertz CT molecular complexity index is 1350. The molecule has 0 radical (unpaired) electrons. The van der Waals surface area contributed by atoms with Gasteiger partial charge in [0.2, 0.25) is 0 Å². The van der Waals surface area contributed by atoms with Crippen LogP contribution in [0.15, 0.2) is 54.1 Å². The molecule has 1 aliphatic heterocycles. The number of aromatic nitrogens is 1. The molecule has 0 saturated carbocycles. The van der Waals surface area contributed by atoms with E-state index in [4.69, 9.17) is 12.2 Å². The monoisotopic (exact) mass is 485 g/mol. The van der Waals surface area contributed by atoms with Gasteiger partial charge in [0.15, 0.2) is 5.11 Å². The van der Waals surface area contributed by atoms with Crippen LogP contribution >= 0.6 is 12.2 Å². The van der Waals surface area contributed by atoms with Crippen molar-refractivity contribution in [1.82, 2.24) is 9.47 Å². The third kappa shape index (κ3) is 4.34. The maximum absolute atomic E-state index is 13.6. The zero-order valence-corrected chi connectivity index (χ0v) is 22.0. The van der Waals surface area contributed by atoms with Gasteiger partial charge in [0.05, 0.1) is 11.4 Å². The van der Waals surface area contributed by atoms with Gasteiger partial charge in [0.25, 0.3) is 11.8 Å². The lowest BCUT2D eigenvalue weighted by Gasteiger charge is -2.36. The van der Waals surface area contributed by atoms with E-state index in [1.165, 1.54) is 26.5 Å². The molecule has 2 aromatic carbocycles. The smallest absolute Gasteiger partial charge is 0.270 e. The van der Waals surface area contributed by atoms with Gasteiger partial charge in [-0.15, -0.1) is 0 Å². The van der Waals surface area contributed by atoms with Crippen molar-refractivity contribution in [3.63, 3.8) is 0 Å². The van der Waals surface area contributed by atoms with Crippen LogP contribution in [-0.2, 0) is 9.59 Å². The average Bonchev–Trinajstić information content (AvgIpc) is 3.07. The van der Waals surface area contributed by atoms with Gasteiger partial charge < -0.3 is 4.57 Å². The molecule has 2 heterocycles. The highest BCUT2D eigenvalue weighted by molar-refractivity contribution is 7.80. The van der Waals surface area contributed by atoms with Crippen LogP contribution in [0.25, 0.3) is 11.8 Å². The summed E-state index contributed by atoms with van der Waals surface area (Å²) < 4.78 is 2.21. The minimum absolute atomic E-state index is 0.119. The van der Waals surface area contributed by atoms with Crippen molar-refractivity contribution in [3.8, 4) is 5.69 Å². The quantitative estimate of drug-likeness (QED) is 0.254. The summed E-state index contributed by atoms with van der Waals surface area (Å²) in [7, 11) is 0. The zero-order chi connectivity index (χ0) is 25.4. The minimum atomic E-state index is -0.397. The highest BCUT2D eigenvalue weighted by Gasteiger charge is 2.40. The van der Waals surface area contributed by atoms with Gasteiger partial charge in [-0.05, 0) is 94.2 Å². The molecule has 1 aliphatic rings. The summed E-state index contributed by atoms with van der Waals surface area (Å²) in [5.74, 6) is -0.743. The van der Waals surface area contributed by atoms with Gasteiger partial charge in [-0.2, -0.15) is 0 Å². The van der Waals surface area contributed by atoms with Crippen LogP contribution in [-0.4, -0.2) is 32.9 Å². The number of anilines is 1. The summed E-state index contributed by atoms with van der Waals surface area (Å²) in [6, 6.07) is 15.6. The first kappa shape index (κ1) is 24.6. The Morgan fingerprint density at radius 3 is 2.11 bits per heavy atom. The molecular weight excluding hydrogens is 454 g/mol. The molecular formula is C29H31N3O2S. The van der Waals surface area contributed by atoms with Gasteiger partial charge in [-0.1, -0.05) is 42.8 Å². The van der Waals surface area contributed by atoms with Crippen molar-refractivity contribution in [3.05, 3.63) is 87.7 Å². The summed E-state index contributed by atoms with van der Waals surface area (Å²) in [6.07, 6.45) is 2.46. The van der Waals surface area contributed by atoms with E-state index >= 15 is 0 Å². The first-order valence-corrected chi connectivity index (χ1v) is 12.3. The lowest BCUT2D eigenvalue weighted by atomic mass is 10.0. The Morgan fingerprint density at radius 2 is 1.51 bits per heavy atom. The first-order valence-electron chi connectivity index (χ1n) is 11.9. The normalized spacial score (nSPS) is 15.5. The molecule has 1 aromatic heterocycles. The van der Waals surface area contributed by atoms with Crippen LogP contribution in [0.2, 0.25) is 0 Å². The molecule has 0 N–H and O–H groups in total. The van der Waals surface area contributed by atoms with Crippen LogP contribution < -0.4 is 4.90 Å². The predicted octanol–water partition coefficient (Wildman–Crippen LogP) is 5.97. The Balaban J connectivity index is 1.85. The summed E-state index contributed by atoms with van der Waals surface area (Å²) in [6.45, 7) is 12.8. The lowest BCUT2D eigenvalue weighted by molar-refractivity contribution is -0.127. The van der Waals surface area contributed by atoms with E-state index < -0.39 is 5.91 Å². The van der Waals surface area contributed by atoms with Gasteiger partial charge in [-0.3, -0.25) is 19.4 Å². The number of benzene rings is 2. The fourth-order valence-corrected chi connectivity index (χ4v) is 5.32. The first-order chi connectivity index (χ1) is 16.6. The number of carbonyl (C=O) groups is 2. The Hall–Kier alpha value is -3.51. The van der Waals surface area contributed by atoms with E-state index in [0.29, 0.717) is 12.2 Å². The van der Waals surface area contributed by atoms with E-state index in [-0.39, 0.29) is 16.6 Å². The fourth-order valence-electron chi connectivity index (χ4n) is 4.96. The molecule has 0 atom stereocenters. The third-order valence-electron chi connectivity index (χ3n) is 6.42.